The molecule has 2 aromatic heterocycles. The highest BCUT2D eigenvalue weighted by molar-refractivity contribution is 7.15. The van der Waals surface area contributed by atoms with Crippen LogP contribution in [-0.2, 0) is 6.54 Å². The molecule has 0 spiro atoms. The van der Waals surface area contributed by atoms with Crippen LogP contribution in [0.5, 0.6) is 5.75 Å². The van der Waals surface area contributed by atoms with Crippen molar-refractivity contribution in [3.8, 4) is 5.75 Å². The molecule has 0 bridgehead atoms. The molecule has 7 nitrogen and oxygen atoms in total. The summed E-state index contributed by atoms with van der Waals surface area (Å²) in [7, 11) is 0. The number of halogens is 2. The van der Waals surface area contributed by atoms with Crippen molar-refractivity contribution in [3.05, 3.63) is 51.5 Å². The first-order valence-electron chi connectivity index (χ1n) is 6.42. The number of nitrogens with one attached hydrogen (secondary N) is 1. The average Bonchev–Trinajstić information content (AvgIpc) is 3.04. The maximum absolute atomic E-state index is 12.2. The smallest absolute Gasteiger partial charge is 0.387 e. The molecule has 0 aliphatic rings. The van der Waals surface area contributed by atoms with Crippen molar-refractivity contribution < 1.29 is 18.4 Å². The Morgan fingerprint density at radius 2 is 2.30 bits per heavy atom. The van der Waals surface area contributed by atoms with Crippen molar-refractivity contribution in [2.24, 2.45) is 0 Å². The summed E-state index contributed by atoms with van der Waals surface area (Å²) >= 11 is 1.27. The fourth-order valence-corrected chi connectivity index (χ4v) is 2.79. The molecule has 120 valence electrons. The van der Waals surface area contributed by atoms with E-state index in [9.17, 15) is 18.9 Å². The predicted octanol–water partition coefficient (Wildman–Crippen LogP) is 3.52. The number of thiazole rings is 1. The van der Waals surface area contributed by atoms with E-state index in [4.69, 9.17) is 0 Å². The van der Waals surface area contributed by atoms with Crippen molar-refractivity contribution >= 4 is 27.9 Å². The minimum absolute atomic E-state index is 0.0274. The zero-order chi connectivity index (χ0) is 16.4. The van der Waals surface area contributed by atoms with Gasteiger partial charge in [-0.05, 0) is 22.6 Å². The van der Waals surface area contributed by atoms with E-state index in [2.05, 4.69) is 15.0 Å². The van der Waals surface area contributed by atoms with Crippen LogP contribution in [0.15, 0.2) is 35.8 Å². The number of fused-ring (bicyclic) bond motifs is 1. The number of imidazole rings is 1. The number of hydrogen-bond acceptors (Lipinski definition) is 6. The van der Waals surface area contributed by atoms with Crippen molar-refractivity contribution in [3.63, 3.8) is 0 Å². The summed E-state index contributed by atoms with van der Waals surface area (Å²) in [6, 6.07) is 6.10. The lowest BCUT2D eigenvalue weighted by Crippen LogP contribution is -2.05. The van der Waals surface area contributed by atoms with Crippen LogP contribution in [0.2, 0.25) is 0 Å². The summed E-state index contributed by atoms with van der Waals surface area (Å²) < 4.78 is 30.1. The van der Waals surface area contributed by atoms with Gasteiger partial charge in [0.05, 0.1) is 0 Å². The van der Waals surface area contributed by atoms with E-state index in [1.165, 1.54) is 27.9 Å². The van der Waals surface area contributed by atoms with Gasteiger partial charge in [0.1, 0.15) is 11.9 Å². The number of alkyl halides is 2. The second-order valence-corrected chi connectivity index (χ2v) is 5.35. The van der Waals surface area contributed by atoms with E-state index < -0.39 is 11.5 Å². The van der Waals surface area contributed by atoms with E-state index in [0.717, 1.165) is 0 Å². The van der Waals surface area contributed by atoms with Gasteiger partial charge in [-0.3, -0.25) is 0 Å². The molecule has 3 rings (SSSR count). The summed E-state index contributed by atoms with van der Waals surface area (Å²) in [6.45, 7) is -2.72. The molecule has 0 amide bonds. The third-order valence-electron chi connectivity index (χ3n) is 2.99. The minimum atomic E-state index is -2.90. The number of rotatable bonds is 6. The number of hydrogen-bond donors (Lipinski definition) is 1. The summed E-state index contributed by atoms with van der Waals surface area (Å²) in [6.07, 6.45) is 1.56. The SMILES string of the molecule is O=[N+]([O-])c1c(NCc2cccc(OC(F)F)c2)nc2sccn12. The minimum Gasteiger partial charge on any atom is -0.435 e. The number of anilines is 1. The van der Waals surface area contributed by atoms with Gasteiger partial charge in [0.2, 0.25) is 5.82 Å². The predicted molar refractivity (Wildman–Crippen MR) is 80.1 cm³/mol. The van der Waals surface area contributed by atoms with Crippen molar-refractivity contribution in [1.82, 2.24) is 9.38 Å². The van der Waals surface area contributed by atoms with Gasteiger partial charge < -0.3 is 20.2 Å². The van der Waals surface area contributed by atoms with Gasteiger partial charge in [0.25, 0.3) is 4.96 Å². The molecule has 0 atom stereocenters. The topological polar surface area (TPSA) is 81.7 Å². The van der Waals surface area contributed by atoms with Crippen LogP contribution in [0.3, 0.4) is 0 Å². The molecule has 0 fully saturated rings. The number of aromatic nitrogens is 2. The second-order valence-electron chi connectivity index (χ2n) is 4.48. The monoisotopic (exact) mass is 340 g/mol. The first-order chi connectivity index (χ1) is 11.0. The Kier molecular flexibility index (Phi) is 4.06. The first kappa shape index (κ1) is 15.2. The molecule has 10 heteroatoms. The standard InChI is InChI=1S/C13H10F2N4O3S/c14-12(15)22-9-3-1-2-8(6-9)7-16-10-11(19(20)21)18-4-5-23-13(18)17-10/h1-6,12,16H,7H2. The summed E-state index contributed by atoms with van der Waals surface area (Å²) in [5, 5.41) is 15.7. The molecule has 0 saturated heterocycles. The van der Waals surface area contributed by atoms with Crippen LogP contribution in [0.1, 0.15) is 5.56 Å². The van der Waals surface area contributed by atoms with Gasteiger partial charge in [-0.1, -0.05) is 23.5 Å². The molecule has 23 heavy (non-hydrogen) atoms. The normalized spacial score (nSPS) is 11.1. The molecule has 1 N–H and O–H groups in total. The fourth-order valence-electron chi connectivity index (χ4n) is 2.08. The van der Waals surface area contributed by atoms with Crippen LogP contribution in [0.4, 0.5) is 20.4 Å². The molecule has 1 aromatic carbocycles. The third kappa shape index (κ3) is 3.21. The average molecular weight is 340 g/mol. The molecule has 2 heterocycles. The third-order valence-corrected chi connectivity index (χ3v) is 3.75. The van der Waals surface area contributed by atoms with Crippen LogP contribution >= 0.6 is 11.3 Å². The fraction of sp³-hybridized carbons (Fsp3) is 0.154. The maximum atomic E-state index is 12.2. The number of nitrogens with zero attached hydrogens (tertiary/aromatic N) is 3. The Labute approximate surface area is 132 Å². The van der Waals surface area contributed by atoms with Gasteiger partial charge in [-0.2, -0.15) is 18.2 Å². The Bertz CT molecular complexity index is 849. The number of nitro groups is 1. The lowest BCUT2D eigenvalue weighted by Gasteiger charge is -2.07. The van der Waals surface area contributed by atoms with Gasteiger partial charge in [-0.15, -0.1) is 0 Å². The van der Waals surface area contributed by atoms with Crippen molar-refractivity contribution in [2.75, 3.05) is 5.32 Å². The molecule has 0 aliphatic carbocycles. The quantitative estimate of drug-likeness (QED) is 0.548. The zero-order valence-electron chi connectivity index (χ0n) is 11.5. The molecule has 0 aliphatic heterocycles. The lowest BCUT2D eigenvalue weighted by molar-refractivity contribution is -0.389. The van der Waals surface area contributed by atoms with E-state index in [1.54, 1.807) is 23.7 Å². The molecule has 3 aromatic rings. The van der Waals surface area contributed by atoms with E-state index in [0.29, 0.717) is 10.5 Å². The highest BCUT2D eigenvalue weighted by Gasteiger charge is 2.23. The Morgan fingerprint density at radius 1 is 1.48 bits per heavy atom. The van der Waals surface area contributed by atoms with Gasteiger partial charge in [0, 0.05) is 11.9 Å². The van der Waals surface area contributed by atoms with Crippen molar-refractivity contribution in [1.29, 1.82) is 0 Å². The number of benzene rings is 1. The Morgan fingerprint density at radius 3 is 3.04 bits per heavy atom. The van der Waals surface area contributed by atoms with Gasteiger partial charge >= 0.3 is 12.4 Å². The van der Waals surface area contributed by atoms with Gasteiger partial charge in [-0.25, -0.2) is 0 Å². The summed E-state index contributed by atoms with van der Waals surface area (Å²) in [5.74, 6) is -0.0112. The first-order valence-corrected chi connectivity index (χ1v) is 7.30. The molecular weight excluding hydrogens is 330 g/mol. The largest absolute Gasteiger partial charge is 0.435 e. The van der Waals surface area contributed by atoms with E-state index in [-0.39, 0.29) is 23.9 Å². The van der Waals surface area contributed by atoms with Crippen molar-refractivity contribution in [2.45, 2.75) is 13.2 Å². The summed E-state index contributed by atoms with van der Waals surface area (Å²) in [4.78, 5) is 15.3. The molecule has 0 unspecified atom stereocenters. The lowest BCUT2D eigenvalue weighted by atomic mass is 10.2. The van der Waals surface area contributed by atoms with Gasteiger partial charge in [0.15, 0.2) is 0 Å². The maximum Gasteiger partial charge on any atom is 0.387 e. The van der Waals surface area contributed by atoms with Crippen LogP contribution in [-0.4, -0.2) is 20.9 Å². The Balaban J connectivity index is 1.79. The molecule has 0 radical (unpaired) electrons. The summed E-state index contributed by atoms with van der Waals surface area (Å²) in [5.41, 5.74) is 0.633. The number of ether oxygens (including phenoxy) is 1. The van der Waals surface area contributed by atoms with Crippen LogP contribution < -0.4 is 10.1 Å². The molecule has 0 saturated carbocycles. The van der Waals surface area contributed by atoms with Crippen LogP contribution in [0.25, 0.3) is 4.96 Å². The highest BCUT2D eigenvalue weighted by Crippen LogP contribution is 2.28. The Hall–Kier alpha value is -2.75. The second kappa shape index (κ2) is 6.16. The van der Waals surface area contributed by atoms with Crippen LogP contribution in [0, 0.1) is 10.1 Å². The molecular formula is C13H10F2N4O3S. The van der Waals surface area contributed by atoms with E-state index in [1.807, 2.05) is 0 Å². The van der Waals surface area contributed by atoms with E-state index >= 15 is 0 Å². The zero-order valence-corrected chi connectivity index (χ0v) is 12.3. The highest BCUT2D eigenvalue weighted by atomic mass is 32.1.